The van der Waals surface area contributed by atoms with E-state index in [1.165, 1.54) is 0 Å². The van der Waals surface area contributed by atoms with Gasteiger partial charge in [-0.05, 0) is 57.2 Å². The van der Waals surface area contributed by atoms with Crippen molar-refractivity contribution in [1.82, 2.24) is 0 Å². The molecule has 2 aromatic rings. The predicted octanol–water partition coefficient (Wildman–Crippen LogP) is 4.24. The number of furan rings is 1. The smallest absolute Gasteiger partial charge is 0.125 e. The first-order valence-corrected chi connectivity index (χ1v) is 6.22. The van der Waals surface area contributed by atoms with Crippen LogP contribution in [-0.2, 0) is 0 Å². The minimum Gasteiger partial charge on any atom is -0.491 e. The summed E-state index contributed by atoms with van der Waals surface area (Å²) in [5, 5.41) is 3.38. The molecule has 0 saturated carbocycles. The molecule has 0 amide bonds. The average Bonchev–Trinajstić information content (AvgIpc) is 2.84. The van der Waals surface area contributed by atoms with E-state index in [9.17, 15) is 0 Å². The highest BCUT2D eigenvalue weighted by molar-refractivity contribution is 5.47. The summed E-state index contributed by atoms with van der Waals surface area (Å²) in [4.78, 5) is 0. The molecule has 0 spiro atoms. The minimum atomic E-state index is 0.150. The topological polar surface area (TPSA) is 34.4 Å². The molecule has 1 N–H and O–H groups in total. The van der Waals surface area contributed by atoms with Crippen LogP contribution in [0.25, 0.3) is 0 Å². The number of anilines is 1. The second kappa shape index (κ2) is 5.63. The molecule has 1 unspecified atom stereocenters. The molecule has 1 heterocycles. The molecule has 0 aliphatic rings. The summed E-state index contributed by atoms with van der Waals surface area (Å²) in [5.41, 5.74) is 1.05. The van der Waals surface area contributed by atoms with E-state index in [2.05, 4.69) is 12.2 Å². The van der Waals surface area contributed by atoms with Gasteiger partial charge in [-0.25, -0.2) is 0 Å². The van der Waals surface area contributed by atoms with Gasteiger partial charge in [-0.3, -0.25) is 0 Å². The van der Waals surface area contributed by atoms with Gasteiger partial charge in [0.05, 0.1) is 18.4 Å². The molecule has 0 aliphatic heterocycles. The zero-order chi connectivity index (χ0) is 13.0. The largest absolute Gasteiger partial charge is 0.491 e. The highest BCUT2D eigenvalue weighted by Gasteiger charge is 2.07. The molecular weight excluding hydrogens is 226 g/mol. The van der Waals surface area contributed by atoms with Crippen LogP contribution in [-0.4, -0.2) is 6.10 Å². The molecule has 3 nitrogen and oxygen atoms in total. The summed E-state index contributed by atoms with van der Waals surface area (Å²) in [7, 11) is 0. The van der Waals surface area contributed by atoms with E-state index in [-0.39, 0.29) is 12.1 Å². The monoisotopic (exact) mass is 245 g/mol. The number of benzene rings is 1. The molecular formula is C15H19NO2. The molecule has 1 aromatic carbocycles. The first kappa shape index (κ1) is 12.6. The summed E-state index contributed by atoms with van der Waals surface area (Å²) < 4.78 is 11.0. The van der Waals surface area contributed by atoms with Crippen molar-refractivity contribution >= 4 is 5.69 Å². The lowest BCUT2D eigenvalue weighted by atomic mass is 10.2. The number of rotatable bonds is 5. The molecule has 3 heteroatoms. The van der Waals surface area contributed by atoms with E-state index in [1.807, 2.05) is 50.2 Å². The van der Waals surface area contributed by atoms with Gasteiger partial charge in [0.15, 0.2) is 0 Å². The third-order valence-electron chi connectivity index (χ3n) is 2.58. The Morgan fingerprint density at radius 1 is 1.06 bits per heavy atom. The fraction of sp³-hybridized carbons (Fsp3) is 0.333. The number of ether oxygens (including phenoxy) is 1. The van der Waals surface area contributed by atoms with E-state index in [0.29, 0.717) is 0 Å². The van der Waals surface area contributed by atoms with Crippen molar-refractivity contribution in [2.24, 2.45) is 0 Å². The fourth-order valence-electron chi connectivity index (χ4n) is 1.76. The van der Waals surface area contributed by atoms with Crippen molar-refractivity contribution in [2.75, 3.05) is 5.32 Å². The van der Waals surface area contributed by atoms with Gasteiger partial charge in [-0.15, -0.1) is 0 Å². The molecule has 0 saturated heterocycles. The highest BCUT2D eigenvalue weighted by atomic mass is 16.5. The Hall–Kier alpha value is -1.90. The zero-order valence-corrected chi connectivity index (χ0v) is 11.0. The summed E-state index contributed by atoms with van der Waals surface area (Å²) in [6.45, 7) is 6.10. The molecule has 0 radical (unpaired) electrons. The van der Waals surface area contributed by atoms with Gasteiger partial charge in [-0.2, -0.15) is 0 Å². The molecule has 2 rings (SSSR count). The second-order valence-electron chi connectivity index (χ2n) is 4.57. The Bertz CT molecular complexity index is 460. The minimum absolute atomic E-state index is 0.150. The van der Waals surface area contributed by atoms with Gasteiger partial charge >= 0.3 is 0 Å². The van der Waals surface area contributed by atoms with Gasteiger partial charge in [0, 0.05) is 5.69 Å². The van der Waals surface area contributed by atoms with Crippen LogP contribution < -0.4 is 10.1 Å². The lowest BCUT2D eigenvalue weighted by molar-refractivity contribution is 0.242. The van der Waals surface area contributed by atoms with Crippen LogP contribution in [0.3, 0.4) is 0 Å². The predicted molar refractivity (Wildman–Crippen MR) is 73.0 cm³/mol. The van der Waals surface area contributed by atoms with Gasteiger partial charge in [-0.1, -0.05) is 0 Å². The number of nitrogens with one attached hydrogen (secondary N) is 1. The van der Waals surface area contributed by atoms with Gasteiger partial charge < -0.3 is 14.5 Å². The van der Waals surface area contributed by atoms with Crippen LogP contribution in [0.5, 0.6) is 5.75 Å². The third kappa shape index (κ3) is 3.29. The fourth-order valence-corrected chi connectivity index (χ4v) is 1.76. The van der Waals surface area contributed by atoms with E-state index in [4.69, 9.17) is 9.15 Å². The summed E-state index contributed by atoms with van der Waals surface area (Å²) in [6.07, 6.45) is 1.89. The van der Waals surface area contributed by atoms with Crippen molar-refractivity contribution in [3.63, 3.8) is 0 Å². The Kier molecular flexibility index (Phi) is 3.92. The first-order valence-electron chi connectivity index (χ1n) is 6.22. The van der Waals surface area contributed by atoms with E-state index >= 15 is 0 Å². The molecule has 0 fully saturated rings. The van der Waals surface area contributed by atoms with Crippen LogP contribution in [0.2, 0.25) is 0 Å². The maximum absolute atomic E-state index is 5.60. The second-order valence-corrected chi connectivity index (χ2v) is 4.57. The van der Waals surface area contributed by atoms with Crippen LogP contribution in [0.4, 0.5) is 5.69 Å². The third-order valence-corrected chi connectivity index (χ3v) is 2.58. The first-order chi connectivity index (χ1) is 8.65. The zero-order valence-electron chi connectivity index (χ0n) is 11.0. The summed E-state index contributed by atoms with van der Waals surface area (Å²) >= 11 is 0. The van der Waals surface area contributed by atoms with Crippen molar-refractivity contribution in [2.45, 2.75) is 32.9 Å². The quantitative estimate of drug-likeness (QED) is 0.855. The van der Waals surface area contributed by atoms with Crippen molar-refractivity contribution in [3.05, 3.63) is 48.4 Å². The molecule has 0 bridgehead atoms. The van der Waals surface area contributed by atoms with Crippen LogP contribution in [0.15, 0.2) is 47.1 Å². The van der Waals surface area contributed by atoms with Crippen LogP contribution in [0.1, 0.15) is 32.6 Å². The lowest BCUT2D eigenvalue weighted by Gasteiger charge is -2.14. The average molecular weight is 245 g/mol. The number of hydrogen-bond acceptors (Lipinski definition) is 3. The maximum atomic E-state index is 5.60. The van der Waals surface area contributed by atoms with E-state index in [0.717, 1.165) is 17.2 Å². The summed E-state index contributed by atoms with van der Waals surface area (Å²) in [5.74, 6) is 1.82. The van der Waals surface area contributed by atoms with E-state index < -0.39 is 0 Å². The standard InChI is InChI=1S/C15H19NO2/c1-11(2)18-14-8-6-13(7-9-14)16-12(3)15-5-4-10-17-15/h4-12,16H,1-3H3. The van der Waals surface area contributed by atoms with E-state index in [1.54, 1.807) is 6.26 Å². The normalized spacial score (nSPS) is 12.4. The maximum Gasteiger partial charge on any atom is 0.125 e. The van der Waals surface area contributed by atoms with Crippen molar-refractivity contribution in [1.29, 1.82) is 0 Å². The summed E-state index contributed by atoms with van der Waals surface area (Å²) in [6, 6.07) is 12.0. The van der Waals surface area contributed by atoms with Gasteiger partial charge in [0.1, 0.15) is 11.5 Å². The van der Waals surface area contributed by atoms with Gasteiger partial charge in [0.25, 0.3) is 0 Å². The number of hydrogen-bond donors (Lipinski definition) is 1. The highest BCUT2D eigenvalue weighted by Crippen LogP contribution is 2.22. The van der Waals surface area contributed by atoms with Gasteiger partial charge in [0.2, 0.25) is 0 Å². The molecule has 1 aromatic heterocycles. The Labute approximate surface area is 108 Å². The molecule has 96 valence electrons. The SMILES string of the molecule is CC(C)Oc1ccc(NC(C)c2ccco2)cc1. The lowest BCUT2D eigenvalue weighted by Crippen LogP contribution is -2.07. The molecule has 1 atom stereocenters. The van der Waals surface area contributed by atoms with Crippen LogP contribution >= 0.6 is 0 Å². The molecule has 0 aliphatic carbocycles. The van der Waals surface area contributed by atoms with Crippen LogP contribution in [0, 0.1) is 0 Å². The molecule has 18 heavy (non-hydrogen) atoms. The Balaban J connectivity index is 1.98. The Morgan fingerprint density at radius 2 is 1.78 bits per heavy atom. The Morgan fingerprint density at radius 3 is 2.33 bits per heavy atom. The van der Waals surface area contributed by atoms with Crippen molar-refractivity contribution in [3.8, 4) is 5.75 Å². The van der Waals surface area contributed by atoms with Crippen molar-refractivity contribution < 1.29 is 9.15 Å².